The molecule has 1 fully saturated rings. The molecule has 0 amide bonds. The number of aromatic nitrogens is 2. The molecular formula is C11H17N5O2S. The molecule has 0 bridgehead atoms. The van der Waals surface area contributed by atoms with E-state index in [0.29, 0.717) is 24.0 Å². The summed E-state index contributed by atoms with van der Waals surface area (Å²) in [6, 6.07) is 0. The minimum absolute atomic E-state index is 0.0218. The van der Waals surface area contributed by atoms with Crippen LogP contribution in [0.25, 0.3) is 0 Å². The Morgan fingerprint density at radius 2 is 2.11 bits per heavy atom. The highest BCUT2D eigenvalue weighted by Crippen LogP contribution is 2.31. The number of aryl methyl sites for hydroxylation is 1. The summed E-state index contributed by atoms with van der Waals surface area (Å²) in [6.07, 6.45) is 0. The molecule has 1 saturated heterocycles. The van der Waals surface area contributed by atoms with Crippen molar-refractivity contribution in [3.63, 3.8) is 0 Å². The van der Waals surface area contributed by atoms with Crippen LogP contribution in [0, 0.1) is 17.0 Å². The number of hydrogen-bond donors (Lipinski definition) is 1. The minimum Gasteiger partial charge on any atom is -0.354 e. The van der Waals surface area contributed by atoms with Gasteiger partial charge in [0.05, 0.1) is 4.92 Å². The first-order valence-corrected chi connectivity index (χ1v) is 7.38. The first-order valence-electron chi connectivity index (χ1n) is 6.23. The lowest BCUT2D eigenvalue weighted by atomic mass is 10.3. The van der Waals surface area contributed by atoms with Crippen molar-refractivity contribution in [3.8, 4) is 0 Å². The van der Waals surface area contributed by atoms with Crippen LogP contribution in [-0.2, 0) is 0 Å². The van der Waals surface area contributed by atoms with E-state index in [4.69, 9.17) is 0 Å². The van der Waals surface area contributed by atoms with E-state index in [0.717, 1.165) is 24.6 Å². The molecule has 0 spiro atoms. The summed E-state index contributed by atoms with van der Waals surface area (Å²) in [7, 11) is 0. The smallest absolute Gasteiger partial charge is 0.332 e. The van der Waals surface area contributed by atoms with Crippen molar-refractivity contribution in [3.05, 3.63) is 15.8 Å². The van der Waals surface area contributed by atoms with Gasteiger partial charge in [0.2, 0.25) is 11.8 Å². The molecule has 1 aliphatic heterocycles. The number of thioether (sulfide) groups is 1. The highest BCUT2D eigenvalue weighted by Gasteiger charge is 2.27. The fourth-order valence-corrected chi connectivity index (χ4v) is 2.90. The van der Waals surface area contributed by atoms with E-state index < -0.39 is 0 Å². The Morgan fingerprint density at radius 1 is 1.42 bits per heavy atom. The minimum atomic E-state index is -0.387. The van der Waals surface area contributed by atoms with E-state index >= 15 is 0 Å². The van der Waals surface area contributed by atoms with Crippen molar-refractivity contribution < 1.29 is 4.92 Å². The van der Waals surface area contributed by atoms with E-state index in [2.05, 4.69) is 15.3 Å². The molecule has 0 saturated carbocycles. The molecule has 2 heterocycles. The molecule has 1 aromatic rings. The number of rotatable bonds is 4. The third-order valence-electron chi connectivity index (χ3n) is 2.87. The molecule has 0 atom stereocenters. The Kier molecular flexibility index (Phi) is 4.41. The van der Waals surface area contributed by atoms with Gasteiger partial charge >= 0.3 is 5.69 Å². The number of nitrogens with zero attached hydrogens (tertiary/aromatic N) is 4. The van der Waals surface area contributed by atoms with E-state index in [9.17, 15) is 10.1 Å². The van der Waals surface area contributed by atoms with Crippen LogP contribution < -0.4 is 10.2 Å². The van der Waals surface area contributed by atoms with E-state index in [1.807, 2.05) is 23.6 Å². The summed E-state index contributed by atoms with van der Waals surface area (Å²) >= 11 is 1.86. The predicted molar refractivity (Wildman–Crippen MR) is 77.1 cm³/mol. The standard InChI is InChI=1S/C11H17N5O2S/c1-3-12-11-13-8(2)9(16(17)18)10(14-11)15-4-6-19-7-5-15/h3-7H2,1-2H3,(H,12,13,14). The normalized spacial score (nSPS) is 15.4. The van der Waals surface area contributed by atoms with Crippen LogP contribution in [0.15, 0.2) is 0 Å². The van der Waals surface area contributed by atoms with Crippen LogP contribution >= 0.6 is 11.8 Å². The number of nitro groups is 1. The maximum absolute atomic E-state index is 11.2. The van der Waals surface area contributed by atoms with Crippen LogP contribution in [0.5, 0.6) is 0 Å². The summed E-state index contributed by atoms with van der Waals surface area (Å²) in [4.78, 5) is 21.3. The van der Waals surface area contributed by atoms with Gasteiger partial charge in [-0.3, -0.25) is 10.1 Å². The van der Waals surface area contributed by atoms with E-state index in [1.54, 1.807) is 6.92 Å². The molecule has 7 nitrogen and oxygen atoms in total. The molecule has 19 heavy (non-hydrogen) atoms. The van der Waals surface area contributed by atoms with Crippen LogP contribution in [0.1, 0.15) is 12.6 Å². The Morgan fingerprint density at radius 3 is 2.68 bits per heavy atom. The molecule has 0 radical (unpaired) electrons. The highest BCUT2D eigenvalue weighted by molar-refractivity contribution is 7.99. The van der Waals surface area contributed by atoms with Gasteiger partial charge in [-0.2, -0.15) is 16.7 Å². The largest absolute Gasteiger partial charge is 0.354 e. The molecule has 1 aliphatic rings. The zero-order valence-electron chi connectivity index (χ0n) is 11.0. The summed E-state index contributed by atoms with van der Waals surface area (Å²) in [6.45, 7) is 5.85. The Bertz CT molecular complexity index is 476. The summed E-state index contributed by atoms with van der Waals surface area (Å²) in [5, 5.41) is 14.2. The predicted octanol–water partition coefficient (Wildman–Crippen LogP) is 1.68. The summed E-state index contributed by atoms with van der Waals surface area (Å²) in [5.74, 6) is 2.83. The van der Waals surface area contributed by atoms with Gasteiger partial charge < -0.3 is 10.2 Å². The lowest BCUT2D eigenvalue weighted by Crippen LogP contribution is -2.34. The zero-order valence-corrected chi connectivity index (χ0v) is 11.9. The third-order valence-corrected chi connectivity index (χ3v) is 3.81. The van der Waals surface area contributed by atoms with Crippen molar-refractivity contribution in [2.24, 2.45) is 0 Å². The van der Waals surface area contributed by atoms with Gasteiger partial charge in [0.1, 0.15) is 5.69 Å². The van der Waals surface area contributed by atoms with Crippen LogP contribution in [0.4, 0.5) is 17.5 Å². The average Bonchev–Trinajstić information content (AvgIpc) is 2.39. The summed E-state index contributed by atoms with van der Waals surface area (Å²) < 4.78 is 0. The second-order valence-electron chi connectivity index (χ2n) is 4.19. The van der Waals surface area contributed by atoms with Crippen molar-refractivity contribution >= 4 is 29.2 Å². The fraction of sp³-hybridized carbons (Fsp3) is 0.636. The molecule has 2 rings (SSSR count). The Balaban J connectivity index is 2.43. The highest BCUT2D eigenvalue weighted by atomic mass is 32.2. The molecular weight excluding hydrogens is 266 g/mol. The molecule has 1 aromatic heterocycles. The van der Waals surface area contributed by atoms with Gasteiger partial charge in [0.15, 0.2) is 0 Å². The lowest BCUT2D eigenvalue weighted by Gasteiger charge is -2.27. The van der Waals surface area contributed by atoms with Gasteiger partial charge in [0, 0.05) is 31.1 Å². The second kappa shape index (κ2) is 6.05. The Hall–Kier alpha value is -1.57. The molecule has 8 heteroatoms. The van der Waals surface area contributed by atoms with E-state index in [1.165, 1.54) is 0 Å². The van der Waals surface area contributed by atoms with Crippen molar-refractivity contribution in [1.82, 2.24) is 9.97 Å². The number of nitrogens with one attached hydrogen (secondary N) is 1. The van der Waals surface area contributed by atoms with Gasteiger partial charge in [0.25, 0.3) is 0 Å². The molecule has 0 aromatic carbocycles. The van der Waals surface area contributed by atoms with Crippen molar-refractivity contribution in [1.29, 1.82) is 0 Å². The summed E-state index contributed by atoms with van der Waals surface area (Å²) in [5.41, 5.74) is 0.428. The monoisotopic (exact) mass is 283 g/mol. The van der Waals surface area contributed by atoms with Crippen LogP contribution in [-0.4, -0.2) is 46.0 Å². The SMILES string of the molecule is CCNc1nc(C)c([N+](=O)[O-])c(N2CCSCC2)n1. The Labute approximate surface area is 116 Å². The first-order chi connectivity index (χ1) is 9.13. The fourth-order valence-electron chi connectivity index (χ4n) is 2.00. The number of anilines is 2. The van der Waals surface area contributed by atoms with Crippen LogP contribution in [0.3, 0.4) is 0 Å². The van der Waals surface area contributed by atoms with Crippen LogP contribution in [0.2, 0.25) is 0 Å². The first kappa shape index (κ1) is 13.9. The topological polar surface area (TPSA) is 84.2 Å². The van der Waals surface area contributed by atoms with Crippen molar-refractivity contribution in [2.75, 3.05) is 41.4 Å². The molecule has 1 N–H and O–H groups in total. The molecule has 104 valence electrons. The van der Waals surface area contributed by atoms with Gasteiger partial charge in [-0.25, -0.2) is 4.98 Å². The average molecular weight is 283 g/mol. The van der Waals surface area contributed by atoms with E-state index in [-0.39, 0.29) is 10.6 Å². The quantitative estimate of drug-likeness (QED) is 0.664. The number of hydrogen-bond acceptors (Lipinski definition) is 7. The van der Waals surface area contributed by atoms with Gasteiger partial charge in [-0.05, 0) is 13.8 Å². The maximum atomic E-state index is 11.2. The third kappa shape index (κ3) is 3.06. The second-order valence-corrected chi connectivity index (χ2v) is 5.42. The zero-order chi connectivity index (χ0) is 13.8. The molecule has 0 aliphatic carbocycles. The molecule has 0 unspecified atom stereocenters. The van der Waals surface area contributed by atoms with Gasteiger partial charge in [-0.1, -0.05) is 0 Å². The lowest BCUT2D eigenvalue weighted by molar-refractivity contribution is -0.385. The maximum Gasteiger partial charge on any atom is 0.332 e. The van der Waals surface area contributed by atoms with Gasteiger partial charge in [-0.15, -0.1) is 0 Å². The van der Waals surface area contributed by atoms with Crippen molar-refractivity contribution in [2.45, 2.75) is 13.8 Å².